The third-order valence-electron chi connectivity index (χ3n) is 4.97. The number of fused-ring (bicyclic) bond motifs is 1. The maximum absolute atomic E-state index is 12.8. The minimum atomic E-state index is -0.278. The molecule has 1 saturated carbocycles. The summed E-state index contributed by atoms with van der Waals surface area (Å²) in [7, 11) is 5.69. The summed E-state index contributed by atoms with van der Waals surface area (Å²) in [6, 6.07) is 1.78. The van der Waals surface area contributed by atoms with Gasteiger partial charge in [0.25, 0.3) is 11.5 Å². The fourth-order valence-corrected chi connectivity index (χ4v) is 2.60. The van der Waals surface area contributed by atoms with Crippen LogP contribution in [0.2, 0.25) is 0 Å². The van der Waals surface area contributed by atoms with E-state index in [0.29, 0.717) is 29.1 Å². The summed E-state index contributed by atoms with van der Waals surface area (Å²) >= 11 is 0. The summed E-state index contributed by atoms with van der Waals surface area (Å²) in [5.74, 6) is 0.181. The summed E-state index contributed by atoms with van der Waals surface area (Å²) in [6.07, 6.45) is 2.18. The third kappa shape index (κ3) is 2.96. The highest BCUT2D eigenvalue weighted by atomic mass is 16.2. The van der Waals surface area contributed by atoms with E-state index in [1.165, 1.54) is 0 Å². The van der Waals surface area contributed by atoms with Crippen molar-refractivity contribution in [3.63, 3.8) is 0 Å². The Morgan fingerprint density at radius 3 is 2.71 bits per heavy atom. The van der Waals surface area contributed by atoms with Gasteiger partial charge in [-0.2, -0.15) is 0 Å². The topological polar surface area (TPSA) is 83.0 Å². The Labute approximate surface area is 141 Å². The number of rotatable bonds is 5. The molecular weight excluding hydrogens is 306 g/mol. The highest BCUT2D eigenvalue weighted by Crippen LogP contribution is 2.39. The quantitative estimate of drug-likeness (QED) is 0.863. The summed E-state index contributed by atoms with van der Waals surface area (Å²) in [4.78, 5) is 31.6. The van der Waals surface area contributed by atoms with Crippen molar-refractivity contribution in [2.75, 3.05) is 20.6 Å². The predicted octanol–water partition coefficient (Wildman–Crippen LogP) is 1.21. The minimum absolute atomic E-state index is 0.176. The van der Waals surface area contributed by atoms with Crippen LogP contribution >= 0.6 is 0 Å². The number of aromatic amines is 1. The number of hydrogen-bond donors (Lipinski definition) is 2. The molecule has 1 fully saturated rings. The van der Waals surface area contributed by atoms with Crippen molar-refractivity contribution in [3.05, 3.63) is 27.7 Å². The second-order valence-electron chi connectivity index (χ2n) is 7.46. The number of nitrogens with zero attached hydrogens (tertiary/aromatic N) is 3. The Kier molecular flexibility index (Phi) is 3.99. The molecule has 2 aromatic rings. The molecule has 0 atom stereocenters. The van der Waals surface area contributed by atoms with Gasteiger partial charge in [-0.05, 0) is 46.9 Å². The summed E-state index contributed by atoms with van der Waals surface area (Å²) < 4.78 is 1.59. The summed E-state index contributed by atoms with van der Waals surface area (Å²) in [5, 5.41) is 6.03. The van der Waals surface area contributed by atoms with Gasteiger partial charge in [-0.25, -0.2) is 4.98 Å². The van der Waals surface area contributed by atoms with Crippen molar-refractivity contribution in [2.45, 2.75) is 38.1 Å². The van der Waals surface area contributed by atoms with Crippen molar-refractivity contribution in [3.8, 4) is 0 Å². The van der Waals surface area contributed by atoms with Crippen LogP contribution in [0, 0.1) is 0 Å². The number of amides is 1. The third-order valence-corrected chi connectivity index (χ3v) is 4.97. The average molecular weight is 331 g/mol. The number of likely N-dealkylation sites (N-methyl/N-ethyl adjacent to an activating group) is 1. The Bertz CT molecular complexity index is 843. The SMILES string of the molecule is CN(C)C(C)(C)CNC(=O)c1cc(C2CC2)nc2c1c(=O)[nH]n2C. The van der Waals surface area contributed by atoms with E-state index in [4.69, 9.17) is 0 Å². The van der Waals surface area contributed by atoms with Gasteiger partial charge in [0, 0.05) is 30.7 Å². The molecule has 1 aliphatic rings. The van der Waals surface area contributed by atoms with Crippen LogP contribution in [0.5, 0.6) is 0 Å². The Balaban J connectivity index is 1.98. The monoisotopic (exact) mass is 331 g/mol. The summed E-state index contributed by atoms with van der Waals surface area (Å²) in [6.45, 7) is 4.60. The number of carbonyl (C=O) groups excluding carboxylic acids is 1. The van der Waals surface area contributed by atoms with Crippen LogP contribution < -0.4 is 10.9 Å². The largest absolute Gasteiger partial charge is 0.350 e. The number of H-pyrrole nitrogens is 1. The molecule has 24 heavy (non-hydrogen) atoms. The van der Waals surface area contributed by atoms with Gasteiger partial charge in [0.05, 0.1) is 10.9 Å². The molecule has 2 heterocycles. The molecule has 0 bridgehead atoms. The lowest BCUT2D eigenvalue weighted by molar-refractivity contribution is 0.0921. The first-order chi connectivity index (χ1) is 11.2. The maximum Gasteiger partial charge on any atom is 0.274 e. The van der Waals surface area contributed by atoms with Gasteiger partial charge in [-0.15, -0.1) is 0 Å². The van der Waals surface area contributed by atoms with E-state index in [-0.39, 0.29) is 17.0 Å². The van der Waals surface area contributed by atoms with E-state index < -0.39 is 0 Å². The fourth-order valence-electron chi connectivity index (χ4n) is 2.60. The van der Waals surface area contributed by atoms with Crippen LogP contribution in [0.1, 0.15) is 48.7 Å². The first-order valence-corrected chi connectivity index (χ1v) is 8.26. The molecule has 0 spiro atoms. The standard InChI is InChI=1S/C17H25N5O2/c1-17(2,21(3)4)9-18-15(23)11-8-12(10-6-7-10)19-14-13(11)16(24)20-22(14)5/h8,10H,6-7,9H2,1-5H3,(H,18,23)(H,20,24). The van der Waals surface area contributed by atoms with Gasteiger partial charge >= 0.3 is 0 Å². The van der Waals surface area contributed by atoms with Crippen molar-refractivity contribution in [1.82, 2.24) is 25.0 Å². The highest BCUT2D eigenvalue weighted by molar-refractivity contribution is 6.05. The van der Waals surface area contributed by atoms with E-state index in [1.807, 2.05) is 14.1 Å². The van der Waals surface area contributed by atoms with E-state index in [9.17, 15) is 9.59 Å². The smallest absolute Gasteiger partial charge is 0.274 e. The molecule has 3 rings (SSSR count). The Morgan fingerprint density at radius 1 is 1.46 bits per heavy atom. The van der Waals surface area contributed by atoms with Gasteiger partial charge in [-0.3, -0.25) is 19.4 Å². The molecule has 2 aromatic heterocycles. The van der Waals surface area contributed by atoms with Crippen LogP contribution in [0.15, 0.2) is 10.9 Å². The van der Waals surface area contributed by atoms with Gasteiger partial charge in [0.1, 0.15) is 0 Å². The Hall–Kier alpha value is -2.15. The first kappa shape index (κ1) is 16.7. The molecule has 2 N–H and O–H groups in total. The molecule has 7 nitrogen and oxygen atoms in total. The number of pyridine rings is 1. The fraction of sp³-hybridized carbons (Fsp3) is 0.588. The number of nitrogens with one attached hydrogen (secondary N) is 2. The molecular formula is C17H25N5O2. The van der Waals surface area contributed by atoms with Gasteiger partial charge in [0.2, 0.25) is 0 Å². The van der Waals surface area contributed by atoms with E-state index >= 15 is 0 Å². The van der Waals surface area contributed by atoms with Crippen molar-refractivity contribution < 1.29 is 4.79 Å². The Morgan fingerprint density at radius 2 is 2.12 bits per heavy atom. The predicted molar refractivity (Wildman–Crippen MR) is 93.4 cm³/mol. The molecule has 0 unspecified atom stereocenters. The molecule has 130 valence electrons. The van der Waals surface area contributed by atoms with Crippen molar-refractivity contribution in [2.24, 2.45) is 7.05 Å². The molecule has 0 aromatic carbocycles. The van der Waals surface area contributed by atoms with Crippen LogP contribution in [-0.4, -0.2) is 51.8 Å². The number of hydrogen-bond acceptors (Lipinski definition) is 4. The van der Waals surface area contributed by atoms with Crippen LogP contribution in [0.4, 0.5) is 0 Å². The minimum Gasteiger partial charge on any atom is -0.350 e. The number of aryl methyl sites for hydroxylation is 1. The van der Waals surface area contributed by atoms with Gasteiger partial charge in [-0.1, -0.05) is 0 Å². The van der Waals surface area contributed by atoms with Crippen molar-refractivity contribution >= 4 is 16.9 Å². The maximum atomic E-state index is 12.8. The molecule has 0 aliphatic heterocycles. The highest BCUT2D eigenvalue weighted by Gasteiger charge is 2.29. The molecule has 0 radical (unpaired) electrons. The van der Waals surface area contributed by atoms with Crippen LogP contribution in [0.25, 0.3) is 11.0 Å². The van der Waals surface area contributed by atoms with Crippen LogP contribution in [-0.2, 0) is 7.05 Å². The molecule has 1 amide bonds. The lowest BCUT2D eigenvalue weighted by atomic mass is 10.0. The lowest BCUT2D eigenvalue weighted by Crippen LogP contribution is -2.48. The van der Waals surface area contributed by atoms with Gasteiger partial charge < -0.3 is 10.2 Å². The first-order valence-electron chi connectivity index (χ1n) is 8.26. The zero-order chi connectivity index (χ0) is 17.6. The van der Waals surface area contributed by atoms with Crippen molar-refractivity contribution in [1.29, 1.82) is 0 Å². The van der Waals surface area contributed by atoms with Gasteiger partial charge in [0.15, 0.2) is 5.65 Å². The lowest BCUT2D eigenvalue weighted by Gasteiger charge is -2.32. The molecule has 7 heteroatoms. The molecule has 1 aliphatic carbocycles. The normalized spacial score (nSPS) is 15.2. The zero-order valence-electron chi connectivity index (χ0n) is 14.9. The van der Waals surface area contributed by atoms with E-state index in [2.05, 4.69) is 34.1 Å². The number of carbonyl (C=O) groups is 1. The van der Waals surface area contributed by atoms with E-state index in [0.717, 1.165) is 18.5 Å². The second kappa shape index (κ2) is 5.73. The van der Waals surface area contributed by atoms with E-state index in [1.54, 1.807) is 17.8 Å². The molecule has 0 saturated heterocycles. The summed E-state index contributed by atoms with van der Waals surface area (Å²) in [5.41, 5.74) is 1.40. The second-order valence-corrected chi connectivity index (χ2v) is 7.46. The zero-order valence-corrected chi connectivity index (χ0v) is 14.9. The number of aromatic nitrogens is 3. The van der Waals surface area contributed by atoms with Crippen LogP contribution in [0.3, 0.4) is 0 Å². The average Bonchev–Trinajstić information content (AvgIpc) is 3.32.